The van der Waals surface area contributed by atoms with Gasteiger partial charge in [0.15, 0.2) is 0 Å². The molecule has 1 unspecified atom stereocenters. The van der Waals surface area contributed by atoms with Crippen LogP contribution in [0.2, 0.25) is 0 Å². The molecule has 4 rings (SSSR count). The van der Waals surface area contributed by atoms with Crippen LogP contribution in [0.15, 0.2) is 66.7 Å². The topological polar surface area (TPSA) is 88.0 Å². The van der Waals surface area contributed by atoms with Crippen molar-refractivity contribution in [2.45, 2.75) is 38.4 Å². The van der Waals surface area contributed by atoms with E-state index in [1.165, 1.54) is 5.56 Å². The molecule has 0 amide bonds. The van der Waals surface area contributed by atoms with Crippen molar-refractivity contribution in [3.63, 3.8) is 0 Å². The number of carboxylic acids is 1. The molecule has 0 spiro atoms. The van der Waals surface area contributed by atoms with Gasteiger partial charge in [-0.05, 0) is 77.9 Å². The van der Waals surface area contributed by atoms with E-state index in [9.17, 15) is 9.90 Å². The van der Waals surface area contributed by atoms with Crippen LogP contribution in [0.4, 0.5) is 0 Å². The maximum Gasteiger partial charge on any atom is 0.335 e. The van der Waals surface area contributed by atoms with Gasteiger partial charge < -0.3 is 25.0 Å². The summed E-state index contributed by atoms with van der Waals surface area (Å²) in [7, 11) is 0. The van der Waals surface area contributed by atoms with E-state index in [0.29, 0.717) is 13.1 Å². The van der Waals surface area contributed by atoms with E-state index in [2.05, 4.69) is 18.3 Å². The van der Waals surface area contributed by atoms with Gasteiger partial charge in [-0.25, -0.2) is 4.79 Å². The van der Waals surface area contributed by atoms with Gasteiger partial charge in [-0.1, -0.05) is 37.3 Å². The normalized spacial score (nSPS) is 15.8. The Labute approximate surface area is 200 Å². The fourth-order valence-corrected chi connectivity index (χ4v) is 4.06. The number of aryl methyl sites for hydroxylation is 2. The first-order valence-corrected chi connectivity index (χ1v) is 11.8. The zero-order valence-electron chi connectivity index (χ0n) is 19.4. The second-order valence-electron chi connectivity index (χ2n) is 8.60. The Hall–Kier alpha value is -3.35. The third-order valence-corrected chi connectivity index (χ3v) is 6.08. The van der Waals surface area contributed by atoms with Crippen LogP contribution in [-0.2, 0) is 12.8 Å². The van der Waals surface area contributed by atoms with E-state index in [4.69, 9.17) is 14.6 Å². The first-order valence-electron chi connectivity index (χ1n) is 11.8. The molecule has 34 heavy (non-hydrogen) atoms. The van der Waals surface area contributed by atoms with Crippen molar-refractivity contribution in [2.24, 2.45) is 0 Å². The molecule has 1 aliphatic rings. The van der Waals surface area contributed by atoms with Gasteiger partial charge in [-0.3, -0.25) is 0 Å². The number of aliphatic hydroxyl groups is 1. The summed E-state index contributed by atoms with van der Waals surface area (Å²) in [4.78, 5) is 11.1. The molecule has 6 heteroatoms. The molecule has 1 heterocycles. The molecule has 3 N–H and O–H groups in total. The Bertz CT molecular complexity index is 1090. The number of nitrogens with one attached hydrogen (secondary N) is 1. The summed E-state index contributed by atoms with van der Waals surface area (Å²) >= 11 is 0. The smallest absolute Gasteiger partial charge is 0.335 e. The SMILES string of the molecule is CCc1ccc(OCC(O)CNC[C@H]2CCc3cc(-c4ccc(C(=O)O)cc4)ccc3O2)cc1. The summed E-state index contributed by atoms with van der Waals surface area (Å²) in [6, 6.07) is 20.9. The first kappa shape index (κ1) is 23.8. The maximum atomic E-state index is 11.1. The van der Waals surface area contributed by atoms with Gasteiger partial charge in [0.1, 0.15) is 30.3 Å². The van der Waals surface area contributed by atoms with Crippen LogP contribution >= 0.6 is 0 Å². The van der Waals surface area contributed by atoms with Crippen LogP contribution in [0, 0.1) is 0 Å². The lowest BCUT2D eigenvalue weighted by Gasteiger charge is -2.27. The molecule has 0 saturated carbocycles. The molecule has 3 aromatic rings. The number of aromatic carboxylic acids is 1. The van der Waals surface area contributed by atoms with Crippen molar-refractivity contribution in [1.29, 1.82) is 0 Å². The summed E-state index contributed by atoms with van der Waals surface area (Å²) in [5, 5.41) is 22.6. The molecule has 0 bridgehead atoms. The number of fused-ring (bicyclic) bond motifs is 1. The highest BCUT2D eigenvalue weighted by Crippen LogP contribution is 2.32. The molecule has 6 nitrogen and oxygen atoms in total. The third kappa shape index (κ3) is 6.16. The van der Waals surface area contributed by atoms with Crippen molar-refractivity contribution in [3.8, 4) is 22.6 Å². The van der Waals surface area contributed by atoms with Crippen LogP contribution in [0.5, 0.6) is 11.5 Å². The molecule has 0 radical (unpaired) electrons. The minimum Gasteiger partial charge on any atom is -0.491 e. The van der Waals surface area contributed by atoms with Crippen LogP contribution in [-0.4, -0.2) is 48.1 Å². The van der Waals surface area contributed by atoms with Crippen LogP contribution in [0.1, 0.15) is 34.8 Å². The largest absolute Gasteiger partial charge is 0.491 e. The van der Waals surface area contributed by atoms with Gasteiger partial charge in [0.2, 0.25) is 0 Å². The highest BCUT2D eigenvalue weighted by molar-refractivity contribution is 5.88. The van der Waals surface area contributed by atoms with Gasteiger partial charge in [-0.2, -0.15) is 0 Å². The summed E-state index contributed by atoms with van der Waals surface area (Å²) in [5.74, 6) is 0.718. The zero-order chi connectivity index (χ0) is 23.9. The third-order valence-electron chi connectivity index (χ3n) is 6.08. The number of benzene rings is 3. The minimum atomic E-state index is -0.924. The lowest BCUT2D eigenvalue weighted by atomic mass is 9.96. The van der Waals surface area contributed by atoms with Gasteiger partial charge >= 0.3 is 5.97 Å². The molecule has 178 valence electrons. The second-order valence-corrected chi connectivity index (χ2v) is 8.60. The predicted octanol–water partition coefficient (Wildman–Crippen LogP) is 4.34. The number of hydrogen-bond donors (Lipinski definition) is 3. The van der Waals surface area contributed by atoms with Gasteiger partial charge in [-0.15, -0.1) is 0 Å². The summed E-state index contributed by atoms with van der Waals surface area (Å²) in [6.45, 7) is 3.44. The average Bonchev–Trinajstić information content (AvgIpc) is 2.87. The van der Waals surface area contributed by atoms with E-state index in [-0.39, 0.29) is 18.3 Å². The molecular weight excluding hydrogens is 430 g/mol. The van der Waals surface area contributed by atoms with E-state index in [0.717, 1.165) is 47.5 Å². The molecule has 0 aliphatic carbocycles. The summed E-state index contributed by atoms with van der Waals surface area (Å²) < 4.78 is 11.8. The molecule has 0 fully saturated rings. The van der Waals surface area contributed by atoms with E-state index < -0.39 is 12.1 Å². The molecule has 0 aromatic heterocycles. The van der Waals surface area contributed by atoms with Crippen molar-refractivity contribution in [1.82, 2.24) is 5.32 Å². The highest BCUT2D eigenvalue weighted by Gasteiger charge is 2.20. The predicted molar refractivity (Wildman–Crippen MR) is 132 cm³/mol. The lowest BCUT2D eigenvalue weighted by Crippen LogP contribution is -2.39. The molecule has 1 aliphatic heterocycles. The van der Waals surface area contributed by atoms with Crippen molar-refractivity contribution in [2.75, 3.05) is 19.7 Å². The average molecular weight is 462 g/mol. The lowest BCUT2D eigenvalue weighted by molar-refractivity contribution is 0.0697. The summed E-state index contributed by atoms with van der Waals surface area (Å²) in [5.41, 5.74) is 4.72. The van der Waals surface area contributed by atoms with Crippen molar-refractivity contribution >= 4 is 5.97 Å². The van der Waals surface area contributed by atoms with E-state index >= 15 is 0 Å². The number of carboxylic acid groups (broad SMARTS) is 1. The Kier molecular flexibility index (Phi) is 7.83. The van der Waals surface area contributed by atoms with Crippen molar-refractivity contribution in [3.05, 3.63) is 83.4 Å². The van der Waals surface area contributed by atoms with Crippen LogP contribution in [0.25, 0.3) is 11.1 Å². The number of aliphatic hydroxyl groups excluding tert-OH is 1. The van der Waals surface area contributed by atoms with Crippen LogP contribution in [0.3, 0.4) is 0 Å². The number of rotatable bonds is 10. The Morgan fingerprint density at radius 2 is 1.82 bits per heavy atom. The molecule has 2 atom stereocenters. The molecular formula is C28H31NO5. The maximum absolute atomic E-state index is 11.1. The Morgan fingerprint density at radius 1 is 1.09 bits per heavy atom. The van der Waals surface area contributed by atoms with Gasteiger partial charge in [0.05, 0.1) is 5.56 Å². The monoisotopic (exact) mass is 461 g/mol. The zero-order valence-corrected chi connectivity index (χ0v) is 19.4. The Balaban J connectivity index is 1.23. The fraction of sp³-hybridized carbons (Fsp3) is 0.321. The highest BCUT2D eigenvalue weighted by atomic mass is 16.5. The number of carbonyl (C=O) groups is 1. The number of hydrogen-bond acceptors (Lipinski definition) is 5. The molecule has 0 saturated heterocycles. The first-order chi connectivity index (χ1) is 16.5. The molecule has 3 aromatic carbocycles. The van der Waals surface area contributed by atoms with Crippen LogP contribution < -0.4 is 14.8 Å². The van der Waals surface area contributed by atoms with E-state index in [1.807, 2.05) is 48.5 Å². The standard InChI is InChI=1S/C28H31NO5/c1-2-19-3-11-25(12-4-19)33-18-24(30)16-29-17-26-13-9-23-15-22(10-14-27(23)34-26)20-5-7-21(8-6-20)28(31)32/h3-8,10-12,14-15,24,26,29-30H,2,9,13,16-18H2,1H3,(H,31,32)/t24?,26-/m1/s1. The van der Waals surface area contributed by atoms with Crippen molar-refractivity contribution < 1.29 is 24.5 Å². The quantitative estimate of drug-likeness (QED) is 0.416. The minimum absolute atomic E-state index is 0.0444. The number of ether oxygens (including phenoxy) is 2. The second kappa shape index (κ2) is 11.2. The van der Waals surface area contributed by atoms with Gasteiger partial charge in [0, 0.05) is 13.1 Å². The summed E-state index contributed by atoms with van der Waals surface area (Å²) in [6.07, 6.45) is 2.23. The van der Waals surface area contributed by atoms with Gasteiger partial charge in [0.25, 0.3) is 0 Å². The van der Waals surface area contributed by atoms with E-state index in [1.54, 1.807) is 12.1 Å². The fourth-order valence-electron chi connectivity index (χ4n) is 4.06. The Morgan fingerprint density at radius 3 is 2.53 bits per heavy atom.